The van der Waals surface area contributed by atoms with Crippen LogP contribution < -0.4 is 20.4 Å². The van der Waals surface area contributed by atoms with Crippen molar-refractivity contribution >= 4 is 28.3 Å². The third-order valence-electron chi connectivity index (χ3n) is 6.50. The first-order valence-corrected chi connectivity index (χ1v) is 10.6. The molecule has 3 aromatic rings. The summed E-state index contributed by atoms with van der Waals surface area (Å²) in [7, 11) is 1.41. The molecule has 2 aromatic carbocycles. The van der Waals surface area contributed by atoms with Gasteiger partial charge in [-0.2, -0.15) is 0 Å². The number of halogens is 1. The molecule has 0 saturated carbocycles. The van der Waals surface area contributed by atoms with Crippen molar-refractivity contribution in [2.45, 2.75) is 25.4 Å². The van der Waals surface area contributed by atoms with Gasteiger partial charge in [0, 0.05) is 42.6 Å². The number of hydrogen-bond acceptors (Lipinski definition) is 6. The molecule has 2 fully saturated rings. The molecule has 9 heteroatoms. The fourth-order valence-corrected chi connectivity index (χ4v) is 4.92. The number of piperazine rings is 1. The highest BCUT2D eigenvalue weighted by atomic mass is 19.1. The Hall–Kier alpha value is -3.72. The van der Waals surface area contributed by atoms with Gasteiger partial charge in [0.15, 0.2) is 17.3 Å². The lowest BCUT2D eigenvalue weighted by Crippen LogP contribution is -2.44. The Morgan fingerprint density at radius 2 is 1.97 bits per heavy atom. The standard InChI is InChI=1S/C24H22FN3O5/c1-12(29)13-3-5-15(6-4-13)28-11-18(24(31)32)22(30)17-8-19(25)21(23(33-2)20(17)28)27-10-14-7-16(27)9-26-14/h3-6,8,11,14,16,26H,7,9-10H2,1-2H3,(H,31,32)/t14-,16-/m0/s1. The number of carbonyl (C=O) groups is 2. The van der Waals surface area contributed by atoms with Crippen LogP contribution in [-0.2, 0) is 0 Å². The molecule has 2 saturated heterocycles. The first-order valence-electron chi connectivity index (χ1n) is 10.6. The molecule has 1 aromatic heterocycles. The number of anilines is 1. The highest BCUT2D eigenvalue weighted by Crippen LogP contribution is 2.42. The first-order chi connectivity index (χ1) is 15.8. The van der Waals surface area contributed by atoms with E-state index in [1.165, 1.54) is 24.8 Å². The molecule has 2 atom stereocenters. The molecule has 0 radical (unpaired) electrons. The van der Waals surface area contributed by atoms with Crippen molar-refractivity contribution in [2.24, 2.45) is 0 Å². The van der Waals surface area contributed by atoms with E-state index in [1.54, 1.807) is 24.3 Å². The molecule has 2 aliphatic rings. The Bertz CT molecular complexity index is 1370. The van der Waals surface area contributed by atoms with Crippen LogP contribution in [-0.4, -0.2) is 53.7 Å². The summed E-state index contributed by atoms with van der Waals surface area (Å²) in [4.78, 5) is 38.4. The van der Waals surface area contributed by atoms with Crippen molar-refractivity contribution in [3.8, 4) is 11.4 Å². The van der Waals surface area contributed by atoms with E-state index in [2.05, 4.69) is 5.32 Å². The zero-order valence-electron chi connectivity index (χ0n) is 18.1. The maximum absolute atomic E-state index is 15.5. The van der Waals surface area contributed by atoms with Crippen LogP contribution >= 0.6 is 0 Å². The van der Waals surface area contributed by atoms with Gasteiger partial charge in [0.1, 0.15) is 16.8 Å². The molecular weight excluding hydrogens is 429 g/mol. The fraction of sp³-hybridized carbons (Fsp3) is 0.292. The van der Waals surface area contributed by atoms with E-state index in [0.29, 0.717) is 17.8 Å². The van der Waals surface area contributed by atoms with Gasteiger partial charge in [0.2, 0.25) is 5.43 Å². The molecule has 170 valence electrons. The summed E-state index contributed by atoms with van der Waals surface area (Å²) < 4.78 is 22.6. The second kappa shape index (κ2) is 7.70. The van der Waals surface area contributed by atoms with Crippen molar-refractivity contribution in [2.75, 3.05) is 25.1 Å². The number of fused-ring (bicyclic) bond motifs is 3. The largest absolute Gasteiger partial charge is 0.492 e. The number of rotatable bonds is 5. The molecular formula is C24H22FN3O5. The number of aromatic nitrogens is 1. The number of methoxy groups -OCH3 is 1. The van der Waals surface area contributed by atoms with Gasteiger partial charge in [0.05, 0.1) is 12.5 Å². The smallest absolute Gasteiger partial charge is 0.341 e. The van der Waals surface area contributed by atoms with Crippen molar-refractivity contribution < 1.29 is 23.8 Å². The number of pyridine rings is 1. The SMILES string of the molecule is COc1c(N2C[C@@H]3C[C@H]2CN3)c(F)cc2c(=O)c(C(=O)O)cn(-c3ccc(C(C)=O)cc3)c12. The molecule has 8 nitrogen and oxygen atoms in total. The Morgan fingerprint density at radius 1 is 1.24 bits per heavy atom. The zero-order chi connectivity index (χ0) is 23.4. The number of benzene rings is 2. The zero-order valence-corrected chi connectivity index (χ0v) is 18.1. The van der Waals surface area contributed by atoms with Crippen molar-refractivity contribution in [3.05, 3.63) is 63.7 Å². The molecule has 33 heavy (non-hydrogen) atoms. The summed E-state index contributed by atoms with van der Waals surface area (Å²) in [5, 5.41) is 12.9. The quantitative estimate of drug-likeness (QED) is 0.575. The number of ketones is 1. The van der Waals surface area contributed by atoms with E-state index in [9.17, 15) is 19.5 Å². The Labute approximate surface area is 188 Å². The van der Waals surface area contributed by atoms with E-state index in [4.69, 9.17) is 4.74 Å². The summed E-state index contributed by atoms with van der Waals surface area (Å²) in [6.45, 7) is 2.78. The lowest BCUT2D eigenvalue weighted by molar-refractivity contribution is 0.0694. The minimum Gasteiger partial charge on any atom is -0.492 e. The van der Waals surface area contributed by atoms with E-state index < -0.39 is 22.8 Å². The van der Waals surface area contributed by atoms with Crippen LogP contribution in [0.2, 0.25) is 0 Å². The molecule has 2 bridgehead atoms. The second-order valence-electron chi connectivity index (χ2n) is 8.43. The average Bonchev–Trinajstić information content (AvgIpc) is 3.42. The highest BCUT2D eigenvalue weighted by molar-refractivity contribution is 5.98. The maximum atomic E-state index is 15.5. The number of Topliss-reactive ketones (excluding diaryl/α,β-unsaturated/α-hetero) is 1. The fourth-order valence-electron chi connectivity index (χ4n) is 4.92. The minimum atomic E-state index is -1.41. The van der Waals surface area contributed by atoms with Crippen LogP contribution in [0.4, 0.5) is 10.1 Å². The topological polar surface area (TPSA) is 101 Å². The van der Waals surface area contributed by atoms with E-state index >= 15 is 4.39 Å². The molecule has 5 rings (SSSR count). The number of carboxylic acids is 1. The van der Waals surface area contributed by atoms with Crippen molar-refractivity contribution in [3.63, 3.8) is 0 Å². The summed E-state index contributed by atoms with van der Waals surface area (Å²) in [5.74, 6) is -1.99. The van der Waals surface area contributed by atoms with Crippen molar-refractivity contribution in [1.82, 2.24) is 9.88 Å². The maximum Gasteiger partial charge on any atom is 0.341 e. The van der Waals surface area contributed by atoms with Crippen LogP contribution in [0.15, 0.2) is 41.3 Å². The highest BCUT2D eigenvalue weighted by Gasteiger charge is 2.40. The minimum absolute atomic E-state index is 0.0916. The molecule has 2 aliphatic heterocycles. The van der Waals surface area contributed by atoms with Gasteiger partial charge in [-0.25, -0.2) is 9.18 Å². The molecule has 0 aliphatic carbocycles. The van der Waals surface area contributed by atoms with Crippen LogP contribution in [0, 0.1) is 5.82 Å². The van der Waals surface area contributed by atoms with E-state index in [0.717, 1.165) is 19.0 Å². The number of carbonyl (C=O) groups excluding carboxylic acids is 1. The Kier molecular flexibility index (Phi) is 4.93. The van der Waals surface area contributed by atoms with Gasteiger partial charge >= 0.3 is 5.97 Å². The van der Waals surface area contributed by atoms with E-state index in [-0.39, 0.29) is 40.2 Å². The molecule has 0 amide bonds. The van der Waals surface area contributed by atoms with Gasteiger partial charge < -0.3 is 24.6 Å². The average molecular weight is 451 g/mol. The number of aromatic carboxylic acids is 1. The predicted molar refractivity (Wildman–Crippen MR) is 121 cm³/mol. The molecule has 2 N–H and O–H groups in total. The Morgan fingerprint density at radius 3 is 2.52 bits per heavy atom. The second-order valence-corrected chi connectivity index (χ2v) is 8.43. The summed E-state index contributed by atoms with van der Waals surface area (Å²) in [6, 6.07) is 7.98. The lowest BCUT2D eigenvalue weighted by Gasteiger charge is -2.31. The Balaban J connectivity index is 1.83. The van der Waals surface area contributed by atoms with Gasteiger partial charge in [-0.1, -0.05) is 0 Å². The van der Waals surface area contributed by atoms with Crippen LogP contribution in [0.5, 0.6) is 5.75 Å². The summed E-state index contributed by atoms with van der Waals surface area (Å²) in [5.41, 5.74) is 0.250. The molecule has 0 unspecified atom stereocenters. The van der Waals surface area contributed by atoms with Gasteiger partial charge in [-0.05, 0) is 43.7 Å². The van der Waals surface area contributed by atoms with Crippen LogP contribution in [0.1, 0.15) is 34.1 Å². The van der Waals surface area contributed by atoms with Crippen LogP contribution in [0.3, 0.4) is 0 Å². The number of nitrogens with one attached hydrogen (secondary N) is 1. The van der Waals surface area contributed by atoms with Gasteiger partial charge in [-0.15, -0.1) is 0 Å². The van der Waals surface area contributed by atoms with Crippen molar-refractivity contribution in [1.29, 1.82) is 0 Å². The molecule has 3 heterocycles. The van der Waals surface area contributed by atoms with E-state index in [1.807, 2.05) is 4.90 Å². The molecule has 0 spiro atoms. The lowest BCUT2D eigenvalue weighted by atomic mass is 10.1. The number of hydrogen-bond donors (Lipinski definition) is 2. The summed E-state index contributed by atoms with van der Waals surface area (Å²) in [6.07, 6.45) is 2.11. The number of nitrogens with zero attached hydrogens (tertiary/aromatic N) is 2. The predicted octanol–water partition coefficient (Wildman–Crippen LogP) is 2.59. The summed E-state index contributed by atoms with van der Waals surface area (Å²) >= 11 is 0. The number of carboxylic acid groups (broad SMARTS) is 1. The third kappa shape index (κ3) is 3.27. The number of ether oxygens (including phenoxy) is 1. The first kappa shape index (κ1) is 21.1. The van der Waals surface area contributed by atoms with Gasteiger partial charge in [0.25, 0.3) is 0 Å². The third-order valence-corrected chi connectivity index (χ3v) is 6.50. The normalized spacial score (nSPS) is 19.3. The van der Waals surface area contributed by atoms with Crippen LogP contribution in [0.25, 0.3) is 16.6 Å². The van der Waals surface area contributed by atoms with Gasteiger partial charge in [-0.3, -0.25) is 9.59 Å². The monoisotopic (exact) mass is 451 g/mol.